The molecule has 0 N–H and O–H groups in total. The number of likely N-dealkylation sites (N-methyl/N-ethyl adjacent to an activating group) is 1. The molecule has 2 rings (SSSR count). The molecule has 2 fully saturated rings. The van der Waals surface area contributed by atoms with E-state index >= 15 is 0 Å². The van der Waals surface area contributed by atoms with E-state index in [9.17, 15) is 0 Å². The van der Waals surface area contributed by atoms with Gasteiger partial charge in [-0.25, -0.2) is 0 Å². The van der Waals surface area contributed by atoms with Gasteiger partial charge in [-0.1, -0.05) is 0 Å². The third-order valence-electron chi connectivity index (χ3n) is 2.70. The first-order chi connectivity index (χ1) is 4.86. The largest absolute Gasteiger partial charge is 0.303 e. The summed E-state index contributed by atoms with van der Waals surface area (Å²) < 4.78 is 0. The molecule has 0 aromatic rings. The number of rotatable bonds is 1. The van der Waals surface area contributed by atoms with E-state index < -0.39 is 0 Å². The van der Waals surface area contributed by atoms with Crippen LogP contribution >= 0.6 is 0 Å². The molecule has 0 atom stereocenters. The lowest BCUT2D eigenvalue weighted by Crippen LogP contribution is -2.56. The number of hydrogen-bond acceptors (Lipinski definition) is 2. The molecule has 0 spiro atoms. The zero-order chi connectivity index (χ0) is 6.97. The molecule has 58 valence electrons. The van der Waals surface area contributed by atoms with Crippen molar-refractivity contribution < 1.29 is 0 Å². The lowest BCUT2D eigenvalue weighted by atomic mass is 10.1. The highest BCUT2D eigenvalue weighted by Gasteiger charge is 2.30. The summed E-state index contributed by atoms with van der Waals surface area (Å²) in [5, 5.41) is 0. The maximum atomic E-state index is 2.64. The van der Waals surface area contributed by atoms with Crippen LogP contribution < -0.4 is 0 Å². The van der Waals surface area contributed by atoms with Crippen molar-refractivity contribution in [3.05, 3.63) is 0 Å². The first kappa shape index (κ1) is 6.62. The monoisotopic (exact) mass is 140 g/mol. The molecule has 2 heteroatoms. The van der Waals surface area contributed by atoms with Crippen LogP contribution in [0, 0.1) is 0 Å². The number of likely N-dealkylation sites (tertiary alicyclic amines) is 2. The Morgan fingerprint density at radius 1 is 1.10 bits per heavy atom. The Morgan fingerprint density at radius 3 is 2.20 bits per heavy atom. The Balaban J connectivity index is 1.78. The van der Waals surface area contributed by atoms with Crippen LogP contribution in [0.15, 0.2) is 0 Å². The minimum Gasteiger partial charge on any atom is -0.303 e. The van der Waals surface area contributed by atoms with Gasteiger partial charge in [0.2, 0.25) is 0 Å². The van der Waals surface area contributed by atoms with Gasteiger partial charge in [0.1, 0.15) is 0 Å². The molecule has 0 unspecified atom stereocenters. The zero-order valence-corrected chi connectivity index (χ0v) is 6.71. The van der Waals surface area contributed by atoms with Crippen LogP contribution in [0.25, 0.3) is 0 Å². The molecular formula is C8H16N2. The summed E-state index contributed by atoms with van der Waals surface area (Å²) in [5.41, 5.74) is 0. The predicted octanol–water partition coefficient (Wildman–Crippen LogP) is 0.396. The maximum Gasteiger partial charge on any atom is 0.0350 e. The minimum absolute atomic E-state index is 0.910. The maximum absolute atomic E-state index is 2.64. The molecule has 0 radical (unpaired) electrons. The van der Waals surface area contributed by atoms with Gasteiger partial charge in [-0.15, -0.1) is 0 Å². The molecule has 0 aromatic carbocycles. The Hall–Kier alpha value is -0.0800. The van der Waals surface area contributed by atoms with E-state index in [1.807, 2.05) is 0 Å². The topological polar surface area (TPSA) is 6.48 Å². The van der Waals surface area contributed by atoms with Crippen molar-refractivity contribution in [3.8, 4) is 0 Å². The highest BCUT2D eigenvalue weighted by molar-refractivity contribution is 4.87. The average molecular weight is 140 g/mol. The van der Waals surface area contributed by atoms with E-state index in [4.69, 9.17) is 0 Å². The third-order valence-corrected chi connectivity index (χ3v) is 2.70. The van der Waals surface area contributed by atoms with Crippen molar-refractivity contribution in [3.63, 3.8) is 0 Å². The van der Waals surface area contributed by atoms with E-state index in [0.29, 0.717) is 0 Å². The molecule has 0 bridgehead atoms. The van der Waals surface area contributed by atoms with Gasteiger partial charge >= 0.3 is 0 Å². The molecule has 2 aliphatic rings. The summed E-state index contributed by atoms with van der Waals surface area (Å²) in [6.45, 7) is 5.33. The fraction of sp³-hybridized carbons (Fsp3) is 1.00. The molecule has 0 amide bonds. The molecule has 2 nitrogen and oxygen atoms in total. The molecule has 0 saturated carbocycles. The second kappa shape index (κ2) is 2.51. The minimum atomic E-state index is 0.910. The van der Waals surface area contributed by atoms with Gasteiger partial charge in [-0.05, 0) is 33.0 Å². The van der Waals surface area contributed by atoms with Crippen LogP contribution in [0.4, 0.5) is 0 Å². The van der Waals surface area contributed by atoms with Gasteiger partial charge in [-0.2, -0.15) is 0 Å². The lowest BCUT2D eigenvalue weighted by Gasteiger charge is -2.41. The second-order valence-corrected chi connectivity index (χ2v) is 3.62. The third kappa shape index (κ3) is 1.06. The summed E-state index contributed by atoms with van der Waals surface area (Å²) in [6, 6.07) is 0.910. The Kier molecular flexibility index (Phi) is 1.66. The van der Waals surface area contributed by atoms with Gasteiger partial charge in [0, 0.05) is 19.1 Å². The zero-order valence-electron chi connectivity index (χ0n) is 6.71. The van der Waals surface area contributed by atoms with Crippen LogP contribution in [0.5, 0.6) is 0 Å². The summed E-state index contributed by atoms with van der Waals surface area (Å²) >= 11 is 0. The van der Waals surface area contributed by atoms with E-state index in [1.54, 1.807) is 0 Å². The molecule has 2 aliphatic heterocycles. The molecular weight excluding hydrogens is 124 g/mol. The van der Waals surface area contributed by atoms with Gasteiger partial charge in [-0.3, -0.25) is 4.90 Å². The van der Waals surface area contributed by atoms with E-state index in [2.05, 4.69) is 16.8 Å². The summed E-state index contributed by atoms with van der Waals surface area (Å²) in [4.78, 5) is 5.03. The standard InChI is InChI=1S/C8H16N2/c1-9-6-8(7-9)10-4-2-3-5-10/h8H,2-7H2,1H3. The Bertz CT molecular complexity index is 112. The van der Waals surface area contributed by atoms with Crippen molar-refractivity contribution >= 4 is 0 Å². The highest BCUT2D eigenvalue weighted by atomic mass is 15.3. The predicted molar refractivity (Wildman–Crippen MR) is 42.1 cm³/mol. The van der Waals surface area contributed by atoms with Crippen molar-refractivity contribution in [2.75, 3.05) is 33.2 Å². The van der Waals surface area contributed by atoms with Crippen molar-refractivity contribution in [2.24, 2.45) is 0 Å². The van der Waals surface area contributed by atoms with Crippen LogP contribution in [0.1, 0.15) is 12.8 Å². The molecule has 2 saturated heterocycles. The average Bonchev–Trinajstić information content (AvgIpc) is 2.31. The Morgan fingerprint density at radius 2 is 1.70 bits per heavy atom. The quantitative estimate of drug-likeness (QED) is 0.520. The SMILES string of the molecule is CN1CC(N2CCCC2)C1. The number of hydrogen-bond donors (Lipinski definition) is 0. The molecule has 0 aromatic heterocycles. The van der Waals surface area contributed by atoms with Gasteiger partial charge in [0.05, 0.1) is 0 Å². The second-order valence-electron chi connectivity index (χ2n) is 3.62. The molecule has 2 heterocycles. The van der Waals surface area contributed by atoms with Crippen LogP contribution in [0.2, 0.25) is 0 Å². The van der Waals surface area contributed by atoms with E-state index in [-0.39, 0.29) is 0 Å². The summed E-state index contributed by atoms with van der Waals surface area (Å²) in [6.07, 6.45) is 2.86. The molecule has 0 aliphatic carbocycles. The lowest BCUT2D eigenvalue weighted by molar-refractivity contribution is 0.0694. The highest BCUT2D eigenvalue weighted by Crippen LogP contribution is 2.17. The molecule has 10 heavy (non-hydrogen) atoms. The summed E-state index contributed by atoms with van der Waals surface area (Å²) in [7, 11) is 2.20. The Labute approximate surface area is 62.8 Å². The van der Waals surface area contributed by atoms with Crippen LogP contribution in [0.3, 0.4) is 0 Å². The number of nitrogens with zero attached hydrogens (tertiary/aromatic N) is 2. The fourth-order valence-corrected chi connectivity index (χ4v) is 2.00. The summed E-state index contributed by atoms with van der Waals surface area (Å²) in [5.74, 6) is 0. The van der Waals surface area contributed by atoms with Gasteiger partial charge < -0.3 is 4.90 Å². The van der Waals surface area contributed by atoms with Crippen molar-refractivity contribution in [2.45, 2.75) is 18.9 Å². The first-order valence-corrected chi connectivity index (χ1v) is 4.29. The van der Waals surface area contributed by atoms with E-state index in [1.165, 1.54) is 39.0 Å². The van der Waals surface area contributed by atoms with Crippen LogP contribution in [-0.4, -0.2) is 49.1 Å². The van der Waals surface area contributed by atoms with Gasteiger partial charge in [0.15, 0.2) is 0 Å². The van der Waals surface area contributed by atoms with Crippen molar-refractivity contribution in [1.29, 1.82) is 0 Å². The smallest absolute Gasteiger partial charge is 0.0350 e. The normalized spacial score (nSPS) is 30.9. The van der Waals surface area contributed by atoms with Gasteiger partial charge in [0.25, 0.3) is 0 Å². The van der Waals surface area contributed by atoms with Crippen molar-refractivity contribution in [1.82, 2.24) is 9.80 Å². The van der Waals surface area contributed by atoms with Crippen LogP contribution in [-0.2, 0) is 0 Å². The van der Waals surface area contributed by atoms with E-state index in [0.717, 1.165) is 6.04 Å². The first-order valence-electron chi connectivity index (χ1n) is 4.29. The fourth-order valence-electron chi connectivity index (χ4n) is 2.00.